The second kappa shape index (κ2) is 6.04. The zero-order valence-electron chi connectivity index (χ0n) is 11.3. The van der Waals surface area contributed by atoms with E-state index in [-0.39, 0.29) is 17.7 Å². The van der Waals surface area contributed by atoms with Crippen molar-refractivity contribution in [3.05, 3.63) is 58.0 Å². The van der Waals surface area contributed by atoms with E-state index in [4.69, 9.17) is 9.84 Å². The lowest BCUT2D eigenvalue weighted by molar-refractivity contribution is 0.0526. The molecule has 108 valence electrons. The average molecular weight is 287 g/mol. The molecule has 0 saturated heterocycles. The Balaban J connectivity index is 2.47. The average Bonchev–Trinajstić information content (AvgIpc) is 2.47. The van der Waals surface area contributed by atoms with Crippen LogP contribution in [0.15, 0.2) is 41.3 Å². The molecule has 0 saturated carbocycles. The van der Waals surface area contributed by atoms with Crippen molar-refractivity contribution in [2.75, 3.05) is 6.61 Å². The van der Waals surface area contributed by atoms with Crippen molar-refractivity contribution in [1.29, 1.82) is 0 Å². The maximum Gasteiger partial charge on any atom is 0.338 e. The van der Waals surface area contributed by atoms with Crippen LogP contribution in [0.25, 0.3) is 11.1 Å². The molecule has 0 aliphatic heterocycles. The van der Waals surface area contributed by atoms with E-state index in [1.165, 1.54) is 36.5 Å². The molecule has 2 N–H and O–H groups in total. The Hall–Kier alpha value is -2.89. The maximum atomic E-state index is 11.9. The molecule has 0 unspecified atom stereocenters. The van der Waals surface area contributed by atoms with E-state index in [0.29, 0.717) is 11.1 Å². The van der Waals surface area contributed by atoms with Crippen molar-refractivity contribution in [2.45, 2.75) is 6.92 Å². The zero-order valence-corrected chi connectivity index (χ0v) is 11.3. The summed E-state index contributed by atoms with van der Waals surface area (Å²) in [6.07, 6.45) is 1.28. The van der Waals surface area contributed by atoms with E-state index in [0.717, 1.165) is 0 Å². The lowest BCUT2D eigenvalue weighted by atomic mass is 10.0. The van der Waals surface area contributed by atoms with Crippen LogP contribution in [0.3, 0.4) is 0 Å². The number of hydrogen-bond donors (Lipinski definition) is 2. The first-order valence-electron chi connectivity index (χ1n) is 6.27. The predicted octanol–water partition coefficient (Wildman–Crippen LogP) is 1.92. The van der Waals surface area contributed by atoms with Gasteiger partial charge in [-0.25, -0.2) is 9.59 Å². The number of aromatic amines is 1. The molecule has 0 aliphatic carbocycles. The molecule has 0 amide bonds. The lowest BCUT2D eigenvalue weighted by Crippen LogP contribution is -2.14. The highest BCUT2D eigenvalue weighted by Gasteiger charge is 2.15. The monoisotopic (exact) mass is 287 g/mol. The number of aromatic carboxylic acids is 1. The van der Waals surface area contributed by atoms with Gasteiger partial charge in [0.2, 0.25) is 0 Å². The maximum absolute atomic E-state index is 11.9. The highest BCUT2D eigenvalue weighted by atomic mass is 16.5. The SMILES string of the molecule is CCOC(=O)c1ccc(-c2c(C(=O)O)cc[nH]c2=O)cc1. The fourth-order valence-corrected chi connectivity index (χ4v) is 1.93. The summed E-state index contributed by atoms with van der Waals surface area (Å²) in [5.41, 5.74) is 0.217. The summed E-state index contributed by atoms with van der Waals surface area (Å²) >= 11 is 0. The van der Waals surface area contributed by atoms with Crippen LogP contribution in [-0.2, 0) is 4.74 Å². The van der Waals surface area contributed by atoms with Gasteiger partial charge in [0.1, 0.15) is 0 Å². The number of pyridine rings is 1. The highest BCUT2D eigenvalue weighted by Crippen LogP contribution is 2.20. The van der Waals surface area contributed by atoms with Gasteiger partial charge < -0.3 is 14.8 Å². The van der Waals surface area contributed by atoms with Crippen LogP contribution < -0.4 is 5.56 Å². The Labute approximate surface area is 120 Å². The third-order valence-corrected chi connectivity index (χ3v) is 2.88. The summed E-state index contributed by atoms with van der Waals surface area (Å²) in [6, 6.07) is 7.33. The second-order valence-corrected chi connectivity index (χ2v) is 4.20. The number of carboxylic acid groups (broad SMARTS) is 1. The normalized spacial score (nSPS) is 10.1. The molecule has 21 heavy (non-hydrogen) atoms. The van der Waals surface area contributed by atoms with Crippen molar-refractivity contribution in [3.63, 3.8) is 0 Å². The molecule has 0 atom stereocenters. The summed E-state index contributed by atoms with van der Waals surface area (Å²) in [5, 5.41) is 9.14. The number of nitrogens with one attached hydrogen (secondary N) is 1. The topological polar surface area (TPSA) is 96.5 Å². The van der Waals surface area contributed by atoms with Gasteiger partial charge in [0, 0.05) is 6.20 Å². The lowest BCUT2D eigenvalue weighted by Gasteiger charge is -2.06. The molecule has 0 aliphatic rings. The highest BCUT2D eigenvalue weighted by molar-refractivity contribution is 5.96. The number of ether oxygens (including phenoxy) is 1. The third-order valence-electron chi connectivity index (χ3n) is 2.88. The summed E-state index contributed by atoms with van der Waals surface area (Å²) in [4.78, 5) is 37.0. The minimum absolute atomic E-state index is 0.0559. The van der Waals surface area contributed by atoms with Crippen molar-refractivity contribution in [2.24, 2.45) is 0 Å². The minimum Gasteiger partial charge on any atom is -0.478 e. The first kappa shape index (κ1) is 14.5. The van der Waals surface area contributed by atoms with Gasteiger partial charge in [-0.1, -0.05) is 12.1 Å². The van der Waals surface area contributed by atoms with Crippen LogP contribution in [-0.4, -0.2) is 28.6 Å². The van der Waals surface area contributed by atoms with Crippen LogP contribution >= 0.6 is 0 Å². The van der Waals surface area contributed by atoms with Crippen LogP contribution in [0, 0.1) is 0 Å². The van der Waals surface area contributed by atoms with Gasteiger partial charge in [-0.05, 0) is 30.7 Å². The fourth-order valence-electron chi connectivity index (χ4n) is 1.93. The first-order valence-corrected chi connectivity index (χ1v) is 6.27. The van der Waals surface area contributed by atoms with Gasteiger partial charge in [0.05, 0.1) is 23.3 Å². The number of hydrogen-bond acceptors (Lipinski definition) is 4. The van der Waals surface area contributed by atoms with Crippen LogP contribution in [0.2, 0.25) is 0 Å². The number of carboxylic acids is 1. The molecule has 0 bridgehead atoms. The molecule has 0 spiro atoms. The Morgan fingerprint density at radius 2 is 1.86 bits per heavy atom. The fraction of sp³-hybridized carbons (Fsp3) is 0.133. The molecule has 2 aromatic rings. The largest absolute Gasteiger partial charge is 0.478 e. The number of carbonyl (C=O) groups excluding carboxylic acids is 1. The molecule has 2 rings (SSSR count). The molecule has 6 nitrogen and oxygen atoms in total. The van der Waals surface area contributed by atoms with Gasteiger partial charge in [-0.2, -0.15) is 0 Å². The Morgan fingerprint density at radius 3 is 2.43 bits per heavy atom. The van der Waals surface area contributed by atoms with Crippen LogP contribution in [0.1, 0.15) is 27.6 Å². The number of benzene rings is 1. The van der Waals surface area contributed by atoms with Gasteiger partial charge in [0.25, 0.3) is 5.56 Å². The smallest absolute Gasteiger partial charge is 0.338 e. The predicted molar refractivity (Wildman–Crippen MR) is 75.4 cm³/mol. The van der Waals surface area contributed by atoms with Crippen molar-refractivity contribution in [3.8, 4) is 11.1 Å². The summed E-state index contributed by atoms with van der Waals surface area (Å²) < 4.78 is 4.86. The molecule has 0 fully saturated rings. The quantitative estimate of drug-likeness (QED) is 0.837. The Morgan fingerprint density at radius 1 is 1.19 bits per heavy atom. The van der Waals surface area contributed by atoms with Gasteiger partial charge in [-0.3, -0.25) is 4.79 Å². The minimum atomic E-state index is -1.19. The number of esters is 1. The van der Waals surface area contributed by atoms with Crippen molar-refractivity contribution < 1.29 is 19.4 Å². The van der Waals surface area contributed by atoms with Gasteiger partial charge in [-0.15, -0.1) is 0 Å². The van der Waals surface area contributed by atoms with E-state index in [2.05, 4.69) is 4.98 Å². The Kier molecular flexibility index (Phi) is 4.18. The van der Waals surface area contributed by atoms with Crippen LogP contribution in [0.4, 0.5) is 0 Å². The third kappa shape index (κ3) is 3.00. The number of carbonyl (C=O) groups is 2. The van der Waals surface area contributed by atoms with E-state index >= 15 is 0 Å². The number of H-pyrrole nitrogens is 1. The summed E-state index contributed by atoms with van der Waals surface area (Å²) in [6.45, 7) is 1.97. The van der Waals surface area contributed by atoms with E-state index in [1.807, 2.05) is 0 Å². The van der Waals surface area contributed by atoms with E-state index < -0.39 is 17.5 Å². The second-order valence-electron chi connectivity index (χ2n) is 4.20. The van der Waals surface area contributed by atoms with E-state index in [9.17, 15) is 14.4 Å². The Bertz CT molecular complexity index is 730. The molecule has 1 aromatic heterocycles. The molecule has 6 heteroatoms. The van der Waals surface area contributed by atoms with Crippen molar-refractivity contribution >= 4 is 11.9 Å². The molecular weight excluding hydrogens is 274 g/mol. The molecule has 0 radical (unpaired) electrons. The number of rotatable bonds is 4. The van der Waals surface area contributed by atoms with E-state index in [1.54, 1.807) is 6.92 Å². The molecular formula is C15H13NO5. The van der Waals surface area contributed by atoms with Crippen molar-refractivity contribution in [1.82, 2.24) is 4.98 Å². The zero-order chi connectivity index (χ0) is 15.4. The number of aromatic nitrogens is 1. The molecule has 1 heterocycles. The standard InChI is InChI=1S/C15H13NO5/c1-2-21-15(20)10-5-3-9(4-6-10)12-11(14(18)19)7-8-16-13(12)17/h3-8H,2H2,1H3,(H,16,17)(H,18,19). The van der Waals surface area contributed by atoms with Gasteiger partial charge >= 0.3 is 11.9 Å². The summed E-state index contributed by atoms with van der Waals surface area (Å²) in [5.74, 6) is -1.66. The van der Waals surface area contributed by atoms with Crippen LogP contribution in [0.5, 0.6) is 0 Å². The molecule has 1 aromatic carbocycles. The van der Waals surface area contributed by atoms with Gasteiger partial charge in [0.15, 0.2) is 0 Å². The summed E-state index contributed by atoms with van der Waals surface area (Å²) in [7, 11) is 0. The first-order chi connectivity index (χ1) is 10.0.